The molecular weight excluding hydrogens is 210 g/mol. The molecule has 1 amide bonds. The van der Waals surface area contributed by atoms with E-state index in [2.05, 4.69) is 11.4 Å². The standard InChI is InChI=1S/C12H16ClNO/c1-10-4-2-5-11(8-10)9-14-12(15)6-3-7-13/h2,4-5,8H,3,6-7,9H2,1H3,(H,14,15). The first-order chi connectivity index (χ1) is 7.22. The molecule has 0 radical (unpaired) electrons. The maximum Gasteiger partial charge on any atom is 0.220 e. The van der Waals surface area contributed by atoms with Crippen LogP contribution in [-0.2, 0) is 11.3 Å². The second-order valence-corrected chi connectivity index (χ2v) is 3.94. The normalized spacial score (nSPS) is 10.0. The predicted octanol–water partition coefficient (Wildman–Crippen LogP) is 2.63. The molecule has 0 aliphatic carbocycles. The van der Waals surface area contributed by atoms with Gasteiger partial charge in [-0.1, -0.05) is 29.8 Å². The zero-order valence-corrected chi connectivity index (χ0v) is 9.68. The van der Waals surface area contributed by atoms with Gasteiger partial charge in [-0.15, -0.1) is 11.6 Å². The Hall–Kier alpha value is -1.02. The molecule has 0 aliphatic rings. The van der Waals surface area contributed by atoms with Gasteiger partial charge in [0.25, 0.3) is 0 Å². The van der Waals surface area contributed by atoms with Crippen LogP contribution in [-0.4, -0.2) is 11.8 Å². The second-order valence-electron chi connectivity index (χ2n) is 3.56. The Morgan fingerprint density at radius 2 is 2.27 bits per heavy atom. The maximum absolute atomic E-state index is 11.3. The van der Waals surface area contributed by atoms with Gasteiger partial charge in [0, 0.05) is 18.8 Å². The smallest absolute Gasteiger partial charge is 0.220 e. The van der Waals surface area contributed by atoms with Crippen molar-refractivity contribution in [2.45, 2.75) is 26.3 Å². The van der Waals surface area contributed by atoms with Crippen molar-refractivity contribution >= 4 is 17.5 Å². The Morgan fingerprint density at radius 3 is 2.93 bits per heavy atom. The van der Waals surface area contributed by atoms with E-state index < -0.39 is 0 Å². The fourth-order valence-corrected chi connectivity index (χ4v) is 1.47. The lowest BCUT2D eigenvalue weighted by Gasteiger charge is -2.05. The van der Waals surface area contributed by atoms with Crippen LogP contribution in [0, 0.1) is 6.92 Å². The molecule has 0 aromatic heterocycles. The van der Waals surface area contributed by atoms with Crippen LogP contribution in [0.4, 0.5) is 0 Å². The number of halogens is 1. The van der Waals surface area contributed by atoms with Crippen LogP contribution in [0.15, 0.2) is 24.3 Å². The molecule has 1 aromatic rings. The van der Waals surface area contributed by atoms with E-state index in [1.165, 1.54) is 5.56 Å². The third-order valence-corrected chi connectivity index (χ3v) is 2.38. The highest BCUT2D eigenvalue weighted by molar-refractivity contribution is 6.17. The third-order valence-electron chi connectivity index (χ3n) is 2.11. The predicted molar refractivity (Wildman–Crippen MR) is 63.0 cm³/mol. The molecule has 0 spiro atoms. The molecule has 0 aliphatic heterocycles. The highest BCUT2D eigenvalue weighted by Gasteiger charge is 2.00. The molecule has 0 saturated heterocycles. The minimum absolute atomic E-state index is 0.0668. The minimum atomic E-state index is 0.0668. The molecule has 1 aromatic carbocycles. The fourth-order valence-electron chi connectivity index (χ4n) is 1.34. The summed E-state index contributed by atoms with van der Waals surface area (Å²) in [6, 6.07) is 8.12. The molecule has 1 rings (SSSR count). The molecule has 0 fully saturated rings. The Bertz CT molecular complexity index is 325. The van der Waals surface area contributed by atoms with Crippen molar-refractivity contribution in [1.29, 1.82) is 0 Å². The summed E-state index contributed by atoms with van der Waals surface area (Å²) >= 11 is 5.50. The first kappa shape index (κ1) is 12.1. The van der Waals surface area contributed by atoms with Gasteiger partial charge in [-0.3, -0.25) is 4.79 Å². The summed E-state index contributed by atoms with van der Waals surface area (Å²) in [6.45, 7) is 2.64. The zero-order chi connectivity index (χ0) is 11.1. The molecule has 0 unspecified atom stereocenters. The van der Waals surface area contributed by atoms with E-state index >= 15 is 0 Å². The van der Waals surface area contributed by atoms with Crippen molar-refractivity contribution in [3.8, 4) is 0 Å². The largest absolute Gasteiger partial charge is 0.352 e. The lowest BCUT2D eigenvalue weighted by atomic mass is 10.1. The Balaban J connectivity index is 2.33. The van der Waals surface area contributed by atoms with E-state index in [0.29, 0.717) is 18.8 Å². The molecule has 0 bridgehead atoms. The number of hydrogen-bond acceptors (Lipinski definition) is 1. The maximum atomic E-state index is 11.3. The van der Waals surface area contributed by atoms with E-state index in [0.717, 1.165) is 12.0 Å². The van der Waals surface area contributed by atoms with Crippen molar-refractivity contribution in [3.63, 3.8) is 0 Å². The summed E-state index contributed by atoms with van der Waals surface area (Å²) in [5.74, 6) is 0.606. The molecule has 0 saturated carbocycles. The van der Waals surface area contributed by atoms with Gasteiger partial charge in [-0.05, 0) is 18.9 Å². The monoisotopic (exact) mass is 225 g/mol. The van der Waals surface area contributed by atoms with Crippen molar-refractivity contribution in [1.82, 2.24) is 5.32 Å². The van der Waals surface area contributed by atoms with E-state index in [1.54, 1.807) is 0 Å². The summed E-state index contributed by atoms with van der Waals surface area (Å²) in [7, 11) is 0. The Kier molecular flexibility index (Phi) is 5.19. The number of nitrogens with one attached hydrogen (secondary N) is 1. The number of carbonyl (C=O) groups excluding carboxylic acids is 1. The average Bonchev–Trinajstić information content (AvgIpc) is 2.23. The number of alkyl halides is 1. The minimum Gasteiger partial charge on any atom is -0.352 e. The summed E-state index contributed by atoms with van der Waals surface area (Å²) in [5, 5.41) is 2.86. The SMILES string of the molecule is Cc1cccc(CNC(=O)CCCCl)c1. The van der Waals surface area contributed by atoms with Gasteiger partial charge >= 0.3 is 0 Å². The molecule has 0 heterocycles. The van der Waals surface area contributed by atoms with E-state index in [4.69, 9.17) is 11.6 Å². The van der Waals surface area contributed by atoms with E-state index in [9.17, 15) is 4.79 Å². The van der Waals surface area contributed by atoms with Gasteiger partial charge in [-0.25, -0.2) is 0 Å². The second kappa shape index (κ2) is 6.46. The molecule has 3 heteroatoms. The van der Waals surface area contributed by atoms with Gasteiger partial charge in [-0.2, -0.15) is 0 Å². The highest BCUT2D eigenvalue weighted by Crippen LogP contribution is 2.03. The van der Waals surface area contributed by atoms with Crippen molar-refractivity contribution < 1.29 is 4.79 Å². The number of benzene rings is 1. The third kappa shape index (κ3) is 4.84. The lowest BCUT2D eigenvalue weighted by molar-refractivity contribution is -0.121. The summed E-state index contributed by atoms with van der Waals surface area (Å²) < 4.78 is 0. The average molecular weight is 226 g/mol. The molecule has 1 N–H and O–H groups in total. The van der Waals surface area contributed by atoms with Crippen molar-refractivity contribution in [2.75, 3.05) is 5.88 Å². The van der Waals surface area contributed by atoms with Crippen LogP contribution in [0.2, 0.25) is 0 Å². The van der Waals surface area contributed by atoms with Gasteiger partial charge in [0.2, 0.25) is 5.91 Å². The van der Waals surface area contributed by atoms with Crippen molar-refractivity contribution in [3.05, 3.63) is 35.4 Å². The molecule has 15 heavy (non-hydrogen) atoms. The summed E-state index contributed by atoms with van der Waals surface area (Å²) in [6.07, 6.45) is 1.25. The number of hydrogen-bond donors (Lipinski definition) is 1. The number of aryl methyl sites for hydroxylation is 1. The number of amides is 1. The van der Waals surface area contributed by atoms with E-state index in [1.807, 2.05) is 25.1 Å². The molecule has 82 valence electrons. The highest BCUT2D eigenvalue weighted by atomic mass is 35.5. The van der Waals surface area contributed by atoms with Crippen LogP contribution in [0.5, 0.6) is 0 Å². The molecule has 2 nitrogen and oxygen atoms in total. The molecule has 0 atom stereocenters. The van der Waals surface area contributed by atoms with Crippen LogP contribution in [0.1, 0.15) is 24.0 Å². The van der Waals surface area contributed by atoms with Gasteiger partial charge in [0.05, 0.1) is 0 Å². The quantitative estimate of drug-likeness (QED) is 0.767. The Labute approximate surface area is 95.6 Å². The summed E-state index contributed by atoms with van der Waals surface area (Å²) in [5.41, 5.74) is 2.34. The van der Waals surface area contributed by atoms with Gasteiger partial charge < -0.3 is 5.32 Å². The first-order valence-electron chi connectivity index (χ1n) is 5.10. The van der Waals surface area contributed by atoms with Crippen molar-refractivity contribution in [2.24, 2.45) is 0 Å². The van der Waals surface area contributed by atoms with Crippen LogP contribution in [0.3, 0.4) is 0 Å². The lowest BCUT2D eigenvalue weighted by Crippen LogP contribution is -2.22. The number of carbonyl (C=O) groups is 1. The zero-order valence-electron chi connectivity index (χ0n) is 8.92. The van der Waals surface area contributed by atoms with Crippen LogP contribution in [0.25, 0.3) is 0 Å². The summed E-state index contributed by atoms with van der Waals surface area (Å²) in [4.78, 5) is 11.3. The fraction of sp³-hybridized carbons (Fsp3) is 0.417. The van der Waals surface area contributed by atoms with E-state index in [-0.39, 0.29) is 5.91 Å². The Morgan fingerprint density at radius 1 is 1.47 bits per heavy atom. The van der Waals surface area contributed by atoms with Crippen LogP contribution >= 0.6 is 11.6 Å². The van der Waals surface area contributed by atoms with Gasteiger partial charge in [0.1, 0.15) is 0 Å². The first-order valence-corrected chi connectivity index (χ1v) is 5.64. The molecular formula is C12H16ClNO. The van der Waals surface area contributed by atoms with Crippen LogP contribution < -0.4 is 5.32 Å². The van der Waals surface area contributed by atoms with Gasteiger partial charge in [0.15, 0.2) is 0 Å². The topological polar surface area (TPSA) is 29.1 Å². The number of rotatable bonds is 5.